The van der Waals surface area contributed by atoms with Gasteiger partial charge in [-0.3, -0.25) is 0 Å². The van der Waals surface area contributed by atoms with Crippen molar-refractivity contribution in [3.63, 3.8) is 0 Å². The van der Waals surface area contributed by atoms with Crippen molar-refractivity contribution in [1.29, 1.82) is 0 Å². The highest BCUT2D eigenvalue weighted by Gasteiger charge is 2.10. The molecule has 14 heavy (non-hydrogen) atoms. The third-order valence-electron chi connectivity index (χ3n) is 1.90. The highest BCUT2D eigenvalue weighted by Crippen LogP contribution is 2.02. The second-order valence-corrected chi connectivity index (χ2v) is 3.39. The normalized spacial score (nSPS) is 10.6. The minimum atomic E-state index is 0.854. The smallest absolute Gasteiger partial charge is 0.0338 e. The maximum absolute atomic E-state index is 3.93. The first-order chi connectivity index (χ1) is 6.65. The van der Waals surface area contributed by atoms with Crippen molar-refractivity contribution < 1.29 is 0 Å². The van der Waals surface area contributed by atoms with E-state index in [9.17, 15) is 0 Å². The summed E-state index contributed by atoms with van der Waals surface area (Å²) >= 11 is 0. The van der Waals surface area contributed by atoms with Gasteiger partial charge in [0.2, 0.25) is 0 Å². The first-order valence-corrected chi connectivity index (χ1v) is 5.01. The summed E-state index contributed by atoms with van der Waals surface area (Å²) in [6.07, 6.45) is 3.81. The van der Waals surface area contributed by atoms with Crippen LogP contribution >= 0.6 is 0 Å². The summed E-state index contributed by atoms with van der Waals surface area (Å²) in [6, 6.07) is 0. The van der Waals surface area contributed by atoms with Crippen molar-refractivity contribution in [2.24, 2.45) is 0 Å². The molecule has 0 N–H and O–H groups in total. The van der Waals surface area contributed by atoms with E-state index in [0.29, 0.717) is 0 Å². The molecular formula is C12H22N2. The van der Waals surface area contributed by atoms with Crippen LogP contribution in [-0.4, -0.2) is 36.2 Å². The van der Waals surface area contributed by atoms with E-state index in [4.69, 9.17) is 0 Å². The van der Waals surface area contributed by atoms with Crippen LogP contribution in [0.1, 0.15) is 13.8 Å². The molecule has 2 heteroatoms. The van der Waals surface area contributed by atoms with E-state index in [2.05, 4.69) is 36.7 Å². The molecule has 0 aromatic rings. The van der Waals surface area contributed by atoms with Crippen molar-refractivity contribution in [2.45, 2.75) is 13.8 Å². The third-order valence-corrected chi connectivity index (χ3v) is 1.90. The topological polar surface area (TPSA) is 6.48 Å². The van der Waals surface area contributed by atoms with Gasteiger partial charge in [-0.2, -0.15) is 0 Å². The fourth-order valence-corrected chi connectivity index (χ4v) is 1.33. The van der Waals surface area contributed by atoms with Crippen LogP contribution in [0.25, 0.3) is 0 Å². The molecule has 0 aromatic heterocycles. The number of hydrazine groups is 1. The van der Waals surface area contributed by atoms with Gasteiger partial charge in [-0.15, -0.1) is 13.2 Å². The molecule has 2 nitrogen and oxygen atoms in total. The summed E-state index contributed by atoms with van der Waals surface area (Å²) in [5, 5.41) is 4.47. The van der Waals surface area contributed by atoms with Gasteiger partial charge in [0.1, 0.15) is 0 Å². The highest BCUT2D eigenvalue weighted by atomic mass is 15.6. The van der Waals surface area contributed by atoms with E-state index in [1.807, 2.05) is 19.1 Å². The van der Waals surface area contributed by atoms with Gasteiger partial charge in [0.25, 0.3) is 0 Å². The molecule has 0 saturated heterocycles. The molecule has 0 aliphatic heterocycles. The lowest BCUT2D eigenvalue weighted by atomic mass is 10.3. The second-order valence-electron chi connectivity index (χ2n) is 3.39. The SMILES string of the molecule is C=CCN(CC=C)N(CC)CC(=C)C. The Hall–Kier alpha value is -0.860. The molecule has 0 unspecified atom stereocenters. The zero-order chi connectivity index (χ0) is 11.0. The van der Waals surface area contributed by atoms with Crippen molar-refractivity contribution in [3.8, 4) is 0 Å². The predicted octanol–water partition coefficient (Wildman–Crippen LogP) is 2.47. The Morgan fingerprint density at radius 1 is 1.14 bits per heavy atom. The molecule has 0 aromatic carbocycles. The van der Waals surface area contributed by atoms with E-state index in [0.717, 1.165) is 26.2 Å². The van der Waals surface area contributed by atoms with Gasteiger partial charge >= 0.3 is 0 Å². The van der Waals surface area contributed by atoms with Crippen molar-refractivity contribution in [2.75, 3.05) is 26.2 Å². The van der Waals surface area contributed by atoms with Crippen molar-refractivity contribution >= 4 is 0 Å². The quantitative estimate of drug-likeness (QED) is 0.432. The van der Waals surface area contributed by atoms with Crippen molar-refractivity contribution in [3.05, 3.63) is 37.5 Å². The van der Waals surface area contributed by atoms with Gasteiger partial charge < -0.3 is 0 Å². The molecule has 0 spiro atoms. The number of likely N-dealkylation sites (N-methyl/N-ethyl adjacent to an activating group) is 1. The molecule has 0 aliphatic carbocycles. The van der Waals surface area contributed by atoms with Crippen LogP contribution in [0.15, 0.2) is 37.5 Å². The molecule has 0 rings (SSSR count). The number of rotatable bonds is 8. The van der Waals surface area contributed by atoms with Crippen LogP contribution in [0.5, 0.6) is 0 Å². The fourth-order valence-electron chi connectivity index (χ4n) is 1.33. The Balaban J connectivity index is 4.30. The number of nitrogens with zero attached hydrogens (tertiary/aromatic N) is 2. The van der Waals surface area contributed by atoms with Gasteiger partial charge in [-0.25, -0.2) is 10.0 Å². The van der Waals surface area contributed by atoms with Gasteiger partial charge in [0.05, 0.1) is 0 Å². The second kappa shape index (κ2) is 7.54. The first-order valence-electron chi connectivity index (χ1n) is 5.01. The third kappa shape index (κ3) is 5.00. The van der Waals surface area contributed by atoms with Gasteiger partial charge in [-0.05, 0) is 6.92 Å². The van der Waals surface area contributed by atoms with Crippen LogP contribution in [0.4, 0.5) is 0 Å². The Morgan fingerprint density at radius 2 is 1.64 bits per heavy atom. The zero-order valence-electron chi connectivity index (χ0n) is 9.50. The average Bonchev–Trinajstić information content (AvgIpc) is 2.13. The summed E-state index contributed by atoms with van der Waals surface area (Å²) in [4.78, 5) is 0. The van der Waals surface area contributed by atoms with Crippen LogP contribution < -0.4 is 0 Å². The molecule has 0 bridgehead atoms. The van der Waals surface area contributed by atoms with Crippen LogP contribution in [0.2, 0.25) is 0 Å². The molecule has 0 saturated carbocycles. The van der Waals surface area contributed by atoms with Crippen LogP contribution in [0.3, 0.4) is 0 Å². The van der Waals surface area contributed by atoms with Gasteiger partial charge in [0, 0.05) is 26.2 Å². The molecule has 0 aliphatic rings. The minimum absolute atomic E-state index is 0.854. The Kier molecular flexibility index (Phi) is 7.07. The van der Waals surface area contributed by atoms with E-state index in [1.54, 1.807) is 0 Å². The summed E-state index contributed by atoms with van der Waals surface area (Å²) in [6.45, 7) is 19.2. The summed E-state index contributed by atoms with van der Waals surface area (Å²) in [7, 11) is 0. The largest absolute Gasteiger partial charge is 0.237 e. The number of hydrogen-bond donors (Lipinski definition) is 0. The van der Waals surface area contributed by atoms with E-state index in [1.165, 1.54) is 5.57 Å². The molecule has 0 amide bonds. The van der Waals surface area contributed by atoms with Crippen LogP contribution in [-0.2, 0) is 0 Å². The van der Waals surface area contributed by atoms with E-state index >= 15 is 0 Å². The Labute approximate surface area is 88.2 Å². The monoisotopic (exact) mass is 194 g/mol. The molecule has 0 fully saturated rings. The summed E-state index contributed by atoms with van der Waals surface area (Å²) in [5.41, 5.74) is 1.17. The predicted molar refractivity (Wildman–Crippen MR) is 64.0 cm³/mol. The summed E-state index contributed by atoms with van der Waals surface area (Å²) < 4.78 is 0. The molecule has 0 atom stereocenters. The maximum Gasteiger partial charge on any atom is 0.0338 e. The maximum atomic E-state index is 3.93. The lowest BCUT2D eigenvalue weighted by Gasteiger charge is -2.32. The molecule has 0 heterocycles. The first kappa shape index (κ1) is 13.1. The molecule has 80 valence electrons. The standard InChI is InChI=1S/C12H22N2/c1-6-9-14(10-7-2)13(8-3)11-12(4)5/h6-7H,1-2,4,8-11H2,3,5H3. The van der Waals surface area contributed by atoms with Gasteiger partial charge in [0.15, 0.2) is 0 Å². The van der Waals surface area contributed by atoms with Gasteiger partial charge in [-0.1, -0.05) is 31.2 Å². The van der Waals surface area contributed by atoms with Crippen molar-refractivity contribution in [1.82, 2.24) is 10.0 Å². The Bertz CT molecular complexity index is 186. The lowest BCUT2D eigenvalue weighted by Crippen LogP contribution is -2.43. The lowest BCUT2D eigenvalue weighted by molar-refractivity contribution is 0.0101. The van der Waals surface area contributed by atoms with E-state index in [-0.39, 0.29) is 0 Å². The zero-order valence-corrected chi connectivity index (χ0v) is 9.50. The minimum Gasteiger partial charge on any atom is -0.237 e. The fraction of sp³-hybridized carbons (Fsp3) is 0.500. The molecular weight excluding hydrogens is 172 g/mol. The van der Waals surface area contributed by atoms with Crippen LogP contribution in [0, 0.1) is 0 Å². The summed E-state index contributed by atoms with van der Waals surface area (Å²) in [5.74, 6) is 0. The number of hydrogen-bond acceptors (Lipinski definition) is 2. The average molecular weight is 194 g/mol. The Morgan fingerprint density at radius 3 is 1.93 bits per heavy atom. The highest BCUT2D eigenvalue weighted by molar-refractivity contribution is 4.92. The molecule has 0 radical (unpaired) electrons. The van der Waals surface area contributed by atoms with E-state index < -0.39 is 0 Å².